The number of nitrogens with zero attached hydrogens (tertiary/aromatic N) is 2. The number of hydrogen-bond acceptors (Lipinski definition) is 3. The molecule has 1 aliphatic rings. The quantitative estimate of drug-likeness (QED) is 0.910. The van der Waals surface area contributed by atoms with Crippen LogP contribution in [-0.2, 0) is 0 Å². The Morgan fingerprint density at radius 1 is 1.11 bits per heavy atom. The number of aliphatic hydroxyl groups is 1. The first-order valence-electron chi connectivity index (χ1n) is 6.96. The Morgan fingerprint density at radius 2 is 1.74 bits per heavy atom. The van der Waals surface area contributed by atoms with E-state index in [0.717, 1.165) is 31.9 Å². The summed E-state index contributed by atoms with van der Waals surface area (Å²) in [7, 11) is 0. The number of anilines is 1. The maximum absolute atomic E-state index is 13.9. The smallest absolute Gasteiger partial charge is 0.131 e. The van der Waals surface area contributed by atoms with Crippen molar-refractivity contribution in [3.8, 4) is 0 Å². The summed E-state index contributed by atoms with van der Waals surface area (Å²) in [6.07, 6.45) is -0.778. The summed E-state index contributed by atoms with van der Waals surface area (Å²) in [4.78, 5) is 4.59. The molecule has 1 aliphatic heterocycles. The van der Waals surface area contributed by atoms with Crippen molar-refractivity contribution >= 4 is 5.69 Å². The Bertz CT molecular complexity index is 426. The van der Waals surface area contributed by atoms with Crippen molar-refractivity contribution in [2.24, 2.45) is 0 Å². The molecular weight excluding hydrogens is 243 g/mol. The second-order valence-corrected chi connectivity index (χ2v) is 5.47. The topological polar surface area (TPSA) is 26.7 Å². The van der Waals surface area contributed by atoms with E-state index in [4.69, 9.17) is 0 Å². The molecule has 1 aromatic rings. The van der Waals surface area contributed by atoms with Gasteiger partial charge in [0.2, 0.25) is 0 Å². The Hall–Kier alpha value is -1.13. The summed E-state index contributed by atoms with van der Waals surface area (Å²) in [5, 5.41) is 9.78. The van der Waals surface area contributed by atoms with E-state index in [-0.39, 0.29) is 5.82 Å². The maximum Gasteiger partial charge on any atom is 0.131 e. The third-order valence-corrected chi connectivity index (χ3v) is 3.83. The van der Waals surface area contributed by atoms with Crippen LogP contribution in [0.15, 0.2) is 18.2 Å². The molecule has 0 bridgehead atoms. The van der Waals surface area contributed by atoms with E-state index in [9.17, 15) is 9.50 Å². The molecule has 1 saturated heterocycles. The molecule has 1 heterocycles. The fraction of sp³-hybridized carbons (Fsp3) is 0.600. The Morgan fingerprint density at radius 3 is 2.26 bits per heavy atom. The highest BCUT2D eigenvalue weighted by molar-refractivity contribution is 5.55. The van der Waals surface area contributed by atoms with Crippen LogP contribution >= 0.6 is 0 Å². The number of aliphatic hydroxyl groups excluding tert-OH is 1. The zero-order chi connectivity index (χ0) is 14.0. The zero-order valence-corrected chi connectivity index (χ0v) is 11.9. The number of benzene rings is 1. The zero-order valence-electron chi connectivity index (χ0n) is 11.9. The van der Waals surface area contributed by atoms with Crippen LogP contribution in [0.3, 0.4) is 0 Å². The van der Waals surface area contributed by atoms with Crippen LogP contribution < -0.4 is 4.90 Å². The highest BCUT2D eigenvalue weighted by Crippen LogP contribution is 2.29. The lowest BCUT2D eigenvalue weighted by Crippen LogP contribution is -2.49. The summed E-state index contributed by atoms with van der Waals surface area (Å²) in [5.41, 5.74) is 1.25. The molecule has 4 heteroatoms. The SMILES string of the molecule is CC(C)N1CCN(c2cccc(F)c2[C@@H](C)O)CC1. The van der Waals surface area contributed by atoms with Gasteiger partial charge in [0.1, 0.15) is 5.82 Å². The molecule has 1 fully saturated rings. The summed E-state index contributed by atoms with van der Waals surface area (Å²) in [6.45, 7) is 9.72. The Labute approximate surface area is 114 Å². The van der Waals surface area contributed by atoms with Gasteiger partial charge in [0, 0.05) is 43.5 Å². The van der Waals surface area contributed by atoms with Gasteiger partial charge in [-0.05, 0) is 32.9 Å². The first-order chi connectivity index (χ1) is 9.00. The average Bonchev–Trinajstić information content (AvgIpc) is 2.38. The van der Waals surface area contributed by atoms with E-state index in [1.165, 1.54) is 6.07 Å². The predicted octanol–water partition coefficient (Wildman–Crippen LogP) is 2.41. The van der Waals surface area contributed by atoms with Crippen molar-refractivity contribution in [2.75, 3.05) is 31.1 Å². The molecular formula is C15H23FN2O. The van der Waals surface area contributed by atoms with E-state index in [0.29, 0.717) is 11.6 Å². The first kappa shape index (κ1) is 14.3. The molecule has 0 spiro atoms. The number of rotatable bonds is 3. The lowest BCUT2D eigenvalue weighted by atomic mass is 10.1. The van der Waals surface area contributed by atoms with Crippen molar-refractivity contribution in [3.63, 3.8) is 0 Å². The van der Waals surface area contributed by atoms with Crippen molar-refractivity contribution < 1.29 is 9.50 Å². The molecule has 2 rings (SSSR count). The highest BCUT2D eigenvalue weighted by atomic mass is 19.1. The molecule has 1 N–H and O–H groups in total. The predicted molar refractivity (Wildman–Crippen MR) is 76.0 cm³/mol. The van der Waals surface area contributed by atoms with Gasteiger partial charge in [-0.1, -0.05) is 6.07 Å². The maximum atomic E-state index is 13.9. The van der Waals surface area contributed by atoms with Crippen LogP contribution in [-0.4, -0.2) is 42.2 Å². The number of halogens is 1. The van der Waals surface area contributed by atoms with Gasteiger partial charge in [0.05, 0.1) is 6.10 Å². The molecule has 19 heavy (non-hydrogen) atoms. The van der Waals surface area contributed by atoms with Gasteiger partial charge < -0.3 is 10.0 Å². The van der Waals surface area contributed by atoms with Gasteiger partial charge in [-0.15, -0.1) is 0 Å². The van der Waals surface area contributed by atoms with Crippen LogP contribution in [0.4, 0.5) is 10.1 Å². The van der Waals surface area contributed by atoms with E-state index < -0.39 is 6.10 Å². The Kier molecular flexibility index (Phi) is 4.42. The standard InChI is InChI=1S/C15H23FN2O/c1-11(2)17-7-9-18(10-8-17)14-6-4-5-13(16)15(14)12(3)19/h4-6,11-12,19H,7-10H2,1-3H3/t12-/m1/s1. The fourth-order valence-electron chi connectivity index (χ4n) is 2.69. The number of hydrogen-bond donors (Lipinski definition) is 1. The van der Waals surface area contributed by atoms with E-state index >= 15 is 0 Å². The fourth-order valence-corrected chi connectivity index (χ4v) is 2.69. The third-order valence-electron chi connectivity index (χ3n) is 3.83. The summed E-state index contributed by atoms with van der Waals surface area (Å²) in [6, 6.07) is 5.57. The van der Waals surface area contributed by atoms with Crippen LogP contribution in [0.5, 0.6) is 0 Å². The molecule has 0 radical (unpaired) electrons. The molecule has 0 amide bonds. The second kappa shape index (κ2) is 5.88. The largest absolute Gasteiger partial charge is 0.389 e. The second-order valence-electron chi connectivity index (χ2n) is 5.47. The van der Waals surface area contributed by atoms with Crippen molar-refractivity contribution in [3.05, 3.63) is 29.6 Å². The first-order valence-corrected chi connectivity index (χ1v) is 6.96. The minimum Gasteiger partial charge on any atom is -0.389 e. The summed E-state index contributed by atoms with van der Waals surface area (Å²) >= 11 is 0. The normalized spacial score (nSPS) is 18.9. The average molecular weight is 266 g/mol. The minimum atomic E-state index is -0.778. The molecule has 0 unspecified atom stereocenters. The molecule has 0 saturated carbocycles. The van der Waals surface area contributed by atoms with Crippen LogP contribution in [0, 0.1) is 5.82 Å². The molecule has 3 nitrogen and oxygen atoms in total. The van der Waals surface area contributed by atoms with Gasteiger partial charge in [0.25, 0.3) is 0 Å². The molecule has 0 aromatic heterocycles. The third kappa shape index (κ3) is 3.07. The van der Waals surface area contributed by atoms with Crippen molar-refractivity contribution in [1.29, 1.82) is 0 Å². The van der Waals surface area contributed by atoms with E-state index in [1.807, 2.05) is 6.07 Å². The molecule has 106 valence electrons. The monoisotopic (exact) mass is 266 g/mol. The molecule has 1 atom stereocenters. The van der Waals surface area contributed by atoms with Gasteiger partial charge in [-0.3, -0.25) is 4.90 Å². The minimum absolute atomic E-state index is 0.321. The highest BCUT2D eigenvalue weighted by Gasteiger charge is 2.23. The molecule has 1 aromatic carbocycles. The van der Waals surface area contributed by atoms with Crippen LogP contribution in [0.1, 0.15) is 32.4 Å². The van der Waals surface area contributed by atoms with Crippen molar-refractivity contribution in [1.82, 2.24) is 4.90 Å². The van der Waals surface area contributed by atoms with Gasteiger partial charge >= 0.3 is 0 Å². The van der Waals surface area contributed by atoms with Gasteiger partial charge in [0.15, 0.2) is 0 Å². The van der Waals surface area contributed by atoms with E-state index in [2.05, 4.69) is 23.6 Å². The van der Waals surface area contributed by atoms with Crippen LogP contribution in [0.2, 0.25) is 0 Å². The van der Waals surface area contributed by atoms with Crippen molar-refractivity contribution in [2.45, 2.75) is 32.9 Å². The summed E-state index contributed by atoms with van der Waals surface area (Å²) in [5.74, 6) is -0.321. The Balaban J connectivity index is 2.18. The molecule has 0 aliphatic carbocycles. The van der Waals surface area contributed by atoms with Gasteiger partial charge in [-0.25, -0.2) is 4.39 Å². The lowest BCUT2D eigenvalue weighted by molar-refractivity contribution is 0.191. The number of piperazine rings is 1. The van der Waals surface area contributed by atoms with E-state index in [1.54, 1.807) is 13.0 Å². The van der Waals surface area contributed by atoms with Crippen LogP contribution in [0.25, 0.3) is 0 Å². The van der Waals surface area contributed by atoms with Gasteiger partial charge in [-0.2, -0.15) is 0 Å². The summed E-state index contributed by atoms with van der Waals surface area (Å²) < 4.78 is 13.9. The lowest BCUT2D eigenvalue weighted by Gasteiger charge is -2.39.